The van der Waals surface area contributed by atoms with E-state index in [9.17, 15) is 9.59 Å². The Balaban J connectivity index is 1.95. The predicted octanol–water partition coefficient (Wildman–Crippen LogP) is 7.22. The van der Waals surface area contributed by atoms with Crippen LogP contribution in [0.5, 0.6) is 0 Å². The van der Waals surface area contributed by atoms with Crippen molar-refractivity contribution in [1.29, 1.82) is 0 Å². The quantitative estimate of drug-likeness (QED) is 0.312. The highest BCUT2D eigenvalue weighted by Crippen LogP contribution is 2.28. The standard InChI is InChI=1S/C26H36O3/c1-3-5-7-8-9-10-11-12-13-14-19-23-24(27)21-17-15-16-18-22(21)25(28)26(23)29-20-6-4-2/h14-19H,3-13,20H2,1-2H3. The van der Waals surface area contributed by atoms with Gasteiger partial charge in [-0.05, 0) is 19.3 Å². The van der Waals surface area contributed by atoms with Crippen molar-refractivity contribution >= 4 is 11.6 Å². The van der Waals surface area contributed by atoms with Gasteiger partial charge in [0, 0.05) is 11.1 Å². The number of hydrogen-bond acceptors (Lipinski definition) is 3. The molecule has 0 aromatic heterocycles. The molecule has 0 N–H and O–H groups in total. The van der Waals surface area contributed by atoms with Crippen molar-refractivity contribution in [2.45, 2.75) is 84.5 Å². The van der Waals surface area contributed by atoms with Crippen LogP contribution in [-0.4, -0.2) is 18.2 Å². The van der Waals surface area contributed by atoms with Crippen molar-refractivity contribution < 1.29 is 14.3 Å². The Kier molecular flexibility index (Phi) is 10.5. The number of carbonyl (C=O) groups excluding carboxylic acids is 2. The van der Waals surface area contributed by atoms with Crippen molar-refractivity contribution in [3.05, 3.63) is 58.9 Å². The molecule has 1 aliphatic carbocycles. The Morgan fingerprint density at radius 2 is 1.34 bits per heavy atom. The first kappa shape index (κ1) is 23.1. The van der Waals surface area contributed by atoms with Crippen LogP contribution in [-0.2, 0) is 4.74 Å². The van der Waals surface area contributed by atoms with E-state index in [-0.39, 0.29) is 17.3 Å². The van der Waals surface area contributed by atoms with Gasteiger partial charge in [-0.2, -0.15) is 0 Å². The van der Waals surface area contributed by atoms with E-state index < -0.39 is 0 Å². The zero-order valence-electron chi connectivity index (χ0n) is 18.2. The largest absolute Gasteiger partial charge is 0.489 e. The van der Waals surface area contributed by atoms with Gasteiger partial charge in [-0.25, -0.2) is 0 Å². The van der Waals surface area contributed by atoms with Gasteiger partial charge < -0.3 is 4.74 Å². The highest BCUT2D eigenvalue weighted by molar-refractivity contribution is 6.27. The van der Waals surface area contributed by atoms with Gasteiger partial charge in [0.05, 0.1) is 12.2 Å². The van der Waals surface area contributed by atoms with Crippen LogP contribution in [0.4, 0.5) is 0 Å². The number of rotatable bonds is 14. The van der Waals surface area contributed by atoms with Gasteiger partial charge in [0.25, 0.3) is 0 Å². The highest BCUT2D eigenvalue weighted by atomic mass is 16.5. The minimum atomic E-state index is -0.178. The second kappa shape index (κ2) is 13.1. The number of unbranched alkanes of at least 4 members (excludes halogenated alkanes) is 9. The minimum absolute atomic E-state index is 0.112. The first-order chi connectivity index (χ1) is 14.2. The minimum Gasteiger partial charge on any atom is -0.489 e. The van der Waals surface area contributed by atoms with E-state index in [1.807, 2.05) is 6.08 Å². The summed E-state index contributed by atoms with van der Waals surface area (Å²) in [4.78, 5) is 25.8. The number of carbonyl (C=O) groups is 2. The van der Waals surface area contributed by atoms with Crippen LogP contribution in [0.15, 0.2) is 47.7 Å². The zero-order valence-corrected chi connectivity index (χ0v) is 18.2. The molecule has 0 unspecified atom stereocenters. The van der Waals surface area contributed by atoms with Crippen molar-refractivity contribution in [2.75, 3.05) is 6.61 Å². The van der Waals surface area contributed by atoms with E-state index in [1.165, 1.54) is 44.9 Å². The van der Waals surface area contributed by atoms with Crippen LogP contribution in [0.2, 0.25) is 0 Å². The smallest absolute Gasteiger partial charge is 0.229 e. The topological polar surface area (TPSA) is 43.4 Å². The van der Waals surface area contributed by atoms with Gasteiger partial charge in [-0.15, -0.1) is 0 Å². The molecule has 0 atom stereocenters. The lowest BCUT2D eigenvalue weighted by atomic mass is 9.87. The average molecular weight is 397 g/mol. The summed E-state index contributed by atoms with van der Waals surface area (Å²) in [6.45, 7) is 4.78. The van der Waals surface area contributed by atoms with E-state index >= 15 is 0 Å². The third-order valence-electron chi connectivity index (χ3n) is 5.36. The molecule has 0 amide bonds. The van der Waals surface area contributed by atoms with Crippen molar-refractivity contribution in [3.63, 3.8) is 0 Å². The summed E-state index contributed by atoms with van der Waals surface area (Å²) in [5.74, 6) is -0.0729. The van der Waals surface area contributed by atoms with Gasteiger partial charge in [-0.3, -0.25) is 9.59 Å². The van der Waals surface area contributed by atoms with Gasteiger partial charge in [0.1, 0.15) is 0 Å². The lowest BCUT2D eigenvalue weighted by Crippen LogP contribution is -2.23. The third-order valence-corrected chi connectivity index (χ3v) is 5.36. The molecule has 29 heavy (non-hydrogen) atoms. The number of hydrogen-bond donors (Lipinski definition) is 0. The monoisotopic (exact) mass is 396 g/mol. The molecule has 1 aromatic carbocycles. The Hall–Kier alpha value is -2.16. The number of ketones is 2. The van der Waals surface area contributed by atoms with E-state index in [2.05, 4.69) is 13.8 Å². The summed E-state index contributed by atoms with van der Waals surface area (Å²) in [5, 5.41) is 0. The van der Waals surface area contributed by atoms with Crippen LogP contribution in [0, 0.1) is 0 Å². The maximum atomic E-state index is 13.0. The van der Waals surface area contributed by atoms with Crippen LogP contribution in [0.25, 0.3) is 0 Å². The third kappa shape index (κ3) is 6.99. The molecule has 0 bridgehead atoms. The second-order valence-corrected chi connectivity index (χ2v) is 7.81. The Bertz CT molecular complexity index is 727. The summed E-state index contributed by atoms with van der Waals surface area (Å²) in [7, 11) is 0. The second-order valence-electron chi connectivity index (χ2n) is 7.81. The molecule has 1 aliphatic rings. The van der Waals surface area contributed by atoms with Crippen LogP contribution < -0.4 is 0 Å². The number of Topliss-reactive ketones (excluding diaryl/α,β-unsaturated/α-hetero) is 2. The average Bonchev–Trinajstić information content (AvgIpc) is 2.74. The molecule has 0 saturated carbocycles. The Morgan fingerprint density at radius 3 is 2.00 bits per heavy atom. The van der Waals surface area contributed by atoms with Gasteiger partial charge >= 0.3 is 0 Å². The molecule has 0 radical (unpaired) electrons. The molecule has 1 aromatic rings. The summed E-state index contributed by atoms with van der Waals surface area (Å²) < 4.78 is 5.78. The Labute approximate surface area is 176 Å². The highest BCUT2D eigenvalue weighted by Gasteiger charge is 2.31. The number of ether oxygens (including phenoxy) is 1. The molecular formula is C26H36O3. The van der Waals surface area contributed by atoms with Crippen molar-refractivity contribution in [2.24, 2.45) is 0 Å². The lowest BCUT2D eigenvalue weighted by Gasteiger charge is -2.19. The van der Waals surface area contributed by atoms with E-state index in [0.717, 1.165) is 25.7 Å². The van der Waals surface area contributed by atoms with E-state index in [4.69, 9.17) is 4.74 Å². The van der Waals surface area contributed by atoms with Gasteiger partial charge in [-0.1, -0.05) is 102 Å². The first-order valence-corrected chi connectivity index (χ1v) is 11.4. The fourth-order valence-corrected chi connectivity index (χ4v) is 3.58. The van der Waals surface area contributed by atoms with Crippen LogP contribution in [0.1, 0.15) is 105 Å². The van der Waals surface area contributed by atoms with Gasteiger partial charge in [0.15, 0.2) is 11.5 Å². The van der Waals surface area contributed by atoms with Crippen LogP contribution in [0.3, 0.4) is 0 Å². The summed E-state index contributed by atoms with van der Waals surface area (Å²) in [6.07, 6.45) is 16.8. The summed E-state index contributed by atoms with van der Waals surface area (Å²) in [5.41, 5.74) is 1.33. The number of benzene rings is 1. The molecule has 3 nitrogen and oxygen atoms in total. The lowest BCUT2D eigenvalue weighted by molar-refractivity contribution is 0.0872. The molecule has 3 heteroatoms. The van der Waals surface area contributed by atoms with E-state index in [0.29, 0.717) is 23.3 Å². The predicted molar refractivity (Wildman–Crippen MR) is 119 cm³/mol. The number of allylic oxidation sites excluding steroid dienone is 4. The normalized spacial score (nSPS) is 14.0. The Morgan fingerprint density at radius 1 is 0.759 bits per heavy atom. The molecule has 2 rings (SSSR count). The SMILES string of the molecule is CCCCCCCCCCC=CC1=C(OCCCC)C(=O)c2ccccc2C1=O. The van der Waals surface area contributed by atoms with Gasteiger partial charge in [0.2, 0.25) is 5.78 Å². The maximum Gasteiger partial charge on any atom is 0.229 e. The first-order valence-electron chi connectivity index (χ1n) is 11.4. The van der Waals surface area contributed by atoms with E-state index in [1.54, 1.807) is 30.3 Å². The molecule has 0 aliphatic heterocycles. The molecule has 0 fully saturated rings. The molecular weight excluding hydrogens is 360 g/mol. The van der Waals surface area contributed by atoms with Crippen molar-refractivity contribution in [1.82, 2.24) is 0 Å². The fraction of sp³-hybridized carbons (Fsp3) is 0.538. The maximum absolute atomic E-state index is 13.0. The molecule has 0 spiro atoms. The fourth-order valence-electron chi connectivity index (χ4n) is 3.58. The molecule has 0 saturated heterocycles. The molecule has 158 valence electrons. The molecule has 0 heterocycles. The van der Waals surface area contributed by atoms with Crippen LogP contribution >= 0.6 is 0 Å². The summed E-state index contributed by atoms with van der Waals surface area (Å²) >= 11 is 0. The van der Waals surface area contributed by atoms with Crippen molar-refractivity contribution in [3.8, 4) is 0 Å². The summed E-state index contributed by atoms with van der Waals surface area (Å²) in [6, 6.07) is 7.02. The number of fused-ring (bicyclic) bond motifs is 1. The zero-order chi connectivity index (χ0) is 20.9.